The van der Waals surface area contributed by atoms with Crippen LogP contribution in [0.25, 0.3) is 11.6 Å². The molecule has 3 N–H and O–H groups in total. The summed E-state index contributed by atoms with van der Waals surface area (Å²) in [6.45, 7) is 2.20. The lowest BCUT2D eigenvalue weighted by Crippen LogP contribution is -2.29. The average molecular weight is 322 g/mol. The van der Waals surface area contributed by atoms with Crippen molar-refractivity contribution in [1.82, 2.24) is 0 Å². The summed E-state index contributed by atoms with van der Waals surface area (Å²) < 4.78 is 0. The fourth-order valence-electron chi connectivity index (χ4n) is 3.03. The molecule has 0 atom stereocenters. The summed E-state index contributed by atoms with van der Waals surface area (Å²) in [4.78, 5) is 14.0. The van der Waals surface area contributed by atoms with Crippen LogP contribution in [-0.4, -0.2) is 24.2 Å². The molecule has 0 spiro atoms. The highest BCUT2D eigenvalue weighted by atomic mass is 16.4. The zero-order valence-corrected chi connectivity index (χ0v) is 13.6. The summed E-state index contributed by atoms with van der Waals surface area (Å²) in [6, 6.07) is 15.0. The number of carboxylic acids is 1. The standard InChI is InChI=1S/C20H22N2O2/c21-17-8-6-16(7-9-17)19(20(23)24)14-15-4-10-18(11-5-15)22-12-2-1-3-13-22/h4-11,14H,1-3,12-13,21H2,(H,23,24)/b19-14-. The van der Waals surface area contributed by atoms with E-state index in [9.17, 15) is 9.90 Å². The van der Waals surface area contributed by atoms with E-state index in [0.29, 0.717) is 11.3 Å². The molecule has 1 aliphatic heterocycles. The average Bonchev–Trinajstić information content (AvgIpc) is 2.62. The van der Waals surface area contributed by atoms with Crippen LogP contribution in [0.4, 0.5) is 11.4 Å². The van der Waals surface area contributed by atoms with Crippen LogP contribution < -0.4 is 10.6 Å². The molecule has 1 heterocycles. The number of rotatable bonds is 4. The van der Waals surface area contributed by atoms with E-state index in [0.717, 1.165) is 18.7 Å². The van der Waals surface area contributed by atoms with E-state index >= 15 is 0 Å². The Morgan fingerprint density at radius 2 is 1.58 bits per heavy atom. The predicted octanol–water partition coefficient (Wildman–Crippen LogP) is 3.88. The van der Waals surface area contributed by atoms with Gasteiger partial charge in [-0.2, -0.15) is 0 Å². The van der Waals surface area contributed by atoms with E-state index in [2.05, 4.69) is 17.0 Å². The Kier molecular flexibility index (Phi) is 4.85. The molecule has 4 nitrogen and oxygen atoms in total. The fraction of sp³-hybridized carbons (Fsp3) is 0.250. The smallest absolute Gasteiger partial charge is 0.336 e. The van der Waals surface area contributed by atoms with E-state index < -0.39 is 5.97 Å². The molecule has 2 aromatic rings. The summed E-state index contributed by atoms with van der Waals surface area (Å²) in [7, 11) is 0. The first-order valence-electron chi connectivity index (χ1n) is 8.29. The van der Waals surface area contributed by atoms with Crippen molar-refractivity contribution in [2.24, 2.45) is 0 Å². The highest BCUT2D eigenvalue weighted by Crippen LogP contribution is 2.23. The van der Waals surface area contributed by atoms with Crippen LogP contribution in [0.2, 0.25) is 0 Å². The fourth-order valence-corrected chi connectivity index (χ4v) is 3.03. The number of carbonyl (C=O) groups is 1. The summed E-state index contributed by atoms with van der Waals surface area (Å²) in [5.41, 5.74) is 9.29. The van der Waals surface area contributed by atoms with Gasteiger partial charge in [-0.3, -0.25) is 0 Å². The number of nitrogens with zero attached hydrogens (tertiary/aromatic N) is 1. The minimum atomic E-state index is -0.945. The molecule has 124 valence electrons. The number of hydrogen-bond donors (Lipinski definition) is 2. The van der Waals surface area contributed by atoms with E-state index in [1.807, 2.05) is 12.1 Å². The van der Waals surface area contributed by atoms with Gasteiger partial charge in [0.05, 0.1) is 5.57 Å². The Bertz CT molecular complexity index is 727. The maximum atomic E-state index is 11.6. The number of nitrogens with two attached hydrogens (primary N) is 1. The van der Waals surface area contributed by atoms with Crippen LogP contribution in [0.15, 0.2) is 48.5 Å². The Hall–Kier alpha value is -2.75. The molecule has 0 radical (unpaired) electrons. The Labute approximate surface area is 142 Å². The third-order valence-corrected chi connectivity index (χ3v) is 4.38. The van der Waals surface area contributed by atoms with Crippen molar-refractivity contribution in [1.29, 1.82) is 0 Å². The highest BCUT2D eigenvalue weighted by molar-refractivity contribution is 6.20. The predicted molar refractivity (Wildman–Crippen MR) is 98.9 cm³/mol. The molecule has 24 heavy (non-hydrogen) atoms. The van der Waals surface area contributed by atoms with Gasteiger partial charge in [0, 0.05) is 24.5 Å². The number of anilines is 2. The van der Waals surface area contributed by atoms with Gasteiger partial charge in [0.1, 0.15) is 0 Å². The number of benzene rings is 2. The second kappa shape index (κ2) is 7.21. The Morgan fingerprint density at radius 3 is 2.17 bits per heavy atom. The zero-order valence-electron chi connectivity index (χ0n) is 13.6. The number of hydrogen-bond acceptors (Lipinski definition) is 3. The van der Waals surface area contributed by atoms with Crippen LogP contribution >= 0.6 is 0 Å². The van der Waals surface area contributed by atoms with Gasteiger partial charge in [0.15, 0.2) is 0 Å². The van der Waals surface area contributed by atoms with Crippen molar-refractivity contribution in [3.05, 3.63) is 59.7 Å². The van der Waals surface area contributed by atoms with E-state index in [4.69, 9.17) is 5.73 Å². The molecule has 3 rings (SSSR count). The summed E-state index contributed by atoms with van der Waals surface area (Å²) >= 11 is 0. The van der Waals surface area contributed by atoms with Crippen molar-refractivity contribution < 1.29 is 9.90 Å². The van der Waals surface area contributed by atoms with Gasteiger partial charge >= 0.3 is 5.97 Å². The van der Waals surface area contributed by atoms with Crippen molar-refractivity contribution >= 4 is 29.0 Å². The first-order chi connectivity index (χ1) is 11.6. The normalized spacial score (nSPS) is 15.3. The van der Waals surface area contributed by atoms with Gasteiger partial charge in [-0.1, -0.05) is 24.3 Å². The SMILES string of the molecule is Nc1ccc(/C(=C/c2ccc(N3CCCCC3)cc2)C(=O)O)cc1. The molecular weight excluding hydrogens is 300 g/mol. The molecule has 4 heteroatoms. The summed E-state index contributed by atoms with van der Waals surface area (Å²) in [6.07, 6.45) is 5.48. The first-order valence-corrected chi connectivity index (χ1v) is 8.29. The molecule has 1 fully saturated rings. The third-order valence-electron chi connectivity index (χ3n) is 4.38. The highest BCUT2D eigenvalue weighted by Gasteiger charge is 2.12. The maximum absolute atomic E-state index is 11.6. The van der Waals surface area contributed by atoms with Gasteiger partial charge in [0.2, 0.25) is 0 Å². The molecule has 2 aromatic carbocycles. The van der Waals surface area contributed by atoms with Crippen molar-refractivity contribution in [2.75, 3.05) is 23.7 Å². The van der Waals surface area contributed by atoms with Gasteiger partial charge < -0.3 is 15.7 Å². The molecule has 0 amide bonds. The molecule has 1 aliphatic rings. The van der Waals surface area contributed by atoms with Crippen LogP contribution in [0, 0.1) is 0 Å². The lowest BCUT2D eigenvalue weighted by Gasteiger charge is -2.28. The van der Waals surface area contributed by atoms with Gasteiger partial charge in [-0.05, 0) is 60.7 Å². The van der Waals surface area contributed by atoms with Crippen LogP contribution in [0.1, 0.15) is 30.4 Å². The lowest BCUT2D eigenvalue weighted by molar-refractivity contribution is -0.130. The molecule has 0 aromatic heterocycles. The van der Waals surface area contributed by atoms with Crippen LogP contribution in [-0.2, 0) is 4.79 Å². The van der Waals surface area contributed by atoms with E-state index in [1.165, 1.54) is 24.9 Å². The van der Waals surface area contributed by atoms with Gasteiger partial charge in [-0.25, -0.2) is 4.79 Å². The van der Waals surface area contributed by atoms with Crippen molar-refractivity contribution in [3.8, 4) is 0 Å². The van der Waals surface area contributed by atoms with Crippen LogP contribution in [0.3, 0.4) is 0 Å². The maximum Gasteiger partial charge on any atom is 0.336 e. The molecule has 0 aliphatic carbocycles. The van der Waals surface area contributed by atoms with E-state index in [1.54, 1.807) is 30.3 Å². The lowest BCUT2D eigenvalue weighted by atomic mass is 10.0. The minimum Gasteiger partial charge on any atom is -0.478 e. The van der Waals surface area contributed by atoms with Crippen molar-refractivity contribution in [2.45, 2.75) is 19.3 Å². The molecule has 0 saturated carbocycles. The van der Waals surface area contributed by atoms with Crippen LogP contribution in [0.5, 0.6) is 0 Å². The molecular formula is C20H22N2O2. The molecule has 1 saturated heterocycles. The second-order valence-corrected chi connectivity index (χ2v) is 6.12. The largest absolute Gasteiger partial charge is 0.478 e. The molecule has 0 bridgehead atoms. The molecule has 0 unspecified atom stereocenters. The zero-order chi connectivity index (χ0) is 16.9. The number of piperidine rings is 1. The van der Waals surface area contributed by atoms with Crippen molar-refractivity contribution in [3.63, 3.8) is 0 Å². The van der Waals surface area contributed by atoms with Gasteiger partial charge in [-0.15, -0.1) is 0 Å². The van der Waals surface area contributed by atoms with Gasteiger partial charge in [0.25, 0.3) is 0 Å². The summed E-state index contributed by atoms with van der Waals surface area (Å²) in [5.74, 6) is -0.945. The Morgan fingerprint density at radius 1 is 0.958 bits per heavy atom. The topological polar surface area (TPSA) is 66.6 Å². The number of carboxylic acid groups (broad SMARTS) is 1. The number of nitrogen functional groups attached to an aromatic ring is 1. The third kappa shape index (κ3) is 3.77. The summed E-state index contributed by atoms with van der Waals surface area (Å²) in [5, 5.41) is 9.51. The first kappa shape index (κ1) is 16.1. The minimum absolute atomic E-state index is 0.265. The quantitative estimate of drug-likeness (QED) is 0.509. The second-order valence-electron chi connectivity index (χ2n) is 6.12. The monoisotopic (exact) mass is 322 g/mol. The van der Waals surface area contributed by atoms with E-state index in [-0.39, 0.29) is 5.57 Å². The Balaban J connectivity index is 1.84. The number of aliphatic carboxylic acids is 1.